The molecule has 3 heteroatoms. The summed E-state index contributed by atoms with van der Waals surface area (Å²) in [4.78, 5) is 2.24. The molecule has 2 fully saturated rings. The molecule has 0 amide bonds. The summed E-state index contributed by atoms with van der Waals surface area (Å²) >= 11 is 5.70. The van der Waals surface area contributed by atoms with E-state index in [-0.39, 0.29) is 0 Å². The third-order valence-corrected chi connectivity index (χ3v) is 5.13. The molecule has 0 aromatic heterocycles. The van der Waals surface area contributed by atoms with Gasteiger partial charge >= 0.3 is 0 Å². The van der Waals surface area contributed by atoms with Crippen LogP contribution in [0.3, 0.4) is 0 Å². The van der Waals surface area contributed by atoms with Crippen LogP contribution < -0.4 is 10.2 Å². The van der Waals surface area contributed by atoms with Gasteiger partial charge in [-0.3, -0.25) is 0 Å². The summed E-state index contributed by atoms with van der Waals surface area (Å²) < 4.78 is 0. The highest BCUT2D eigenvalue weighted by Gasteiger charge is 2.40. The summed E-state index contributed by atoms with van der Waals surface area (Å²) in [5, 5.41) is 4.54. The minimum Gasteiger partial charge on any atom is -0.359 e. The van der Waals surface area contributed by atoms with E-state index >= 15 is 0 Å². The van der Waals surface area contributed by atoms with Crippen molar-refractivity contribution in [2.75, 3.05) is 4.90 Å². The first-order valence-electron chi connectivity index (χ1n) is 7.80. The molecule has 3 atom stereocenters. The standard InChI is InChI=1S/C17H24N2S/c1-12(2)19(15-6-4-3-5-7-15)17(20)18-16-11-13-8-9-14(16)10-13/h3-7,12-14,16H,8-11H2,1-2H3,(H,18,20)/t13-,14-,16-/m1/s1. The van der Waals surface area contributed by atoms with E-state index in [1.807, 2.05) is 0 Å². The Morgan fingerprint density at radius 3 is 2.50 bits per heavy atom. The molecule has 2 saturated carbocycles. The summed E-state index contributed by atoms with van der Waals surface area (Å²) in [6.07, 6.45) is 5.54. The predicted octanol–water partition coefficient (Wildman–Crippen LogP) is 3.96. The van der Waals surface area contributed by atoms with Gasteiger partial charge in [-0.2, -0.15) is 0 Å². The van der Waals surface area contributed by atoms with E-state index in [4.69, 9.17) is 12.2 Å². The van der Waals surface area contributed by atoms with Gasteiger partial charge in [0.2, 0.25) is 0 Å². The minimum atomic E-state index is 0.371. The fourth-order valence-corrected chi connectivity index (χ4v) is 4.36. The Labute approximate surface area is 127 Å². The molecule has 0 heterocycles. The number of nitrogens with zero attached hydrogens (tertiary/aromatic N) is 1. The molecule has 2 aliphatic rings. The van der Waals surface area contributed by atoms with Crippen LogP contribution in [0, 0.1) is 11.8 Å². The van der Waals surface area contributed by atoms with Gasteiger partial charge in [-0.15, -0.1) is 0 Å². The van der Waals surface area contributed by atoms with Crippen LogP contribution in [0.25, 0.3) is 0 Å². The summed E-state index contributed by atoms with van der Waals surface area (Å²) in [6, 6.07) is 11.4. The second kappa shape index (κ2) is 5.72. The second-order valence-electron chi connectivity index (χ2n) is 6.53. The Bertz CT molecular complexity index is 471. The molecular formula is C17H24N2S. The van der Waals surface area contributed by atoms with E-state index in [1.54, 1.807) is 0 Å². The molecule has 20 heavy (non-hydrogen) atoms. The van der Waals surface area contributed by atoms with Gasteiger partial charge in [0.25, 0.3) is 0 Å². The van der Waals surface area contributed by atoms with Crippen LogP contribution >= 0.6 is 12.2 Å². The van der Waals surface area contributed by atoms with Crippen molar-refractivity contribution in [1.82, 2.24) is 5.32 Å². The van der Waals surface area contributed by atoms with Crippen molar-refractivity contribution in [3.8, 4) is 0 Å². The molecule has 0 aliphatic heterocycles. The monoisotopic (exact) mass is 288 g/mol. The van der Waals surface area contributed by atoms with Crippen LogP contribution in [0.4, 0.5) is 5.69 Å². The Hall–Kier alpha value is -1.09. The Morgan fingerprint density at radius 1 is 1.20 bits per heavy atom. The SMILES string of the molecule is CC(C)N(C(=S)N[C@@H]1C[C@@H]2CC[C@@H]1C2)c1ccccc1. The van der Waals surface area contributed by atoms with Crippen molar-refractivity contribution in [2.24, 2.45) is 11.8 Å². The zero-order chi connectivity index (χ0) is 14.1. The van der Waals surface area contributed by atoms with Gasteiger partial charge in [-0.25, -0.2) is 0 Å². The van der Waals surface area contributed by atoms with Gasteiger partial charge in [-0.1, -0.05) is 24.6 Å². The predicted molar refractivity (Wildman–Crippen MR) is 89.0 cm³/mol. The minimum absolute atomic E-state index is 0.371. The lowest BCUT2D eigenvalue weighted by molar-refractivity contribution is 0.390. The quantitative estimate of drug-likeness (QED) is 0.847. The molecule has 0 saturated heterocycles. The first-order chi connectivity index (χ1) is 9.65. The van der Waals surface area contributed by atoms with Crippen LogP contribution in [-0.2, 0) is 0 Å². The number of fused-ring (bicyclic) bond motifs is 2. The maximum Gasteiger partial charge on any atom is 0.173 e. The van der Waals surface area contributed by atoms with Crippen LogP contribution in [0.5, 0.6) is 0 Å². The molecule has 0 radical (unpaired) electrons. The van der Waals surface area contributed by atoms with Crippen molar-refractivity contribution in [1.29, 1.82) is 0 Å². The molecule has 2 bridgehead atoms. The molecule has 1 aromatic carbocycles. The molecule has 1 N–H and O–H groups in total. The lowest BCUT2D eigenvalue weighted by Crippen LogP contribution is -2.49. The van der Waals surface area contributed by atoms with Gasteiger partial charge in [-0.05, 0) is 69.3 Å². The maximum atomic E-state index is 5.70. The number of anilines is 1. The zero-order valence-corrected chi connectivity index (χ0v) is 13.2. The molecule has 108 valence electrons. The fourth-order valence-electron chi connectivity index (χ4n) is 3.89. The van der Waals surface area contributed by atoms with Gasteiger partial charge in [0.05, 0.1) is 0 Å². The highest BCUT2D eigenvalue weighted by molar-refractivity contribution is 7.80. The average Bonchev–Trinajstić information content (AvgIpc) is 3.02. The van der Waals surface area contributed by atoms with Gasteiger partial charge in [0.15, 0.2) is 5.11 Å². The number of hydrogen-bond donors (Lipinski definition) is 1. The molecule has 2 nitrogen and oxygen atoms in total. The Morgan fingerprint density at radius 2 is 1.95 bits per heavy atom. The number of hydrogen-bond acceptors (Lipinski definition) is 1. The Balaban J connectivity index is 1.70. The number of rotatable bonds is 3. The number of thiocarbonyl (C=S) groups is 1. The lowest BCUT2D eigenvalue weighted by Gasteiger charge is -2.33. The summed E-state index contributed by atoms with van der Waals surface area (Å²) in [7, 11) is 0. The van der Waals surface area contributed by atoms with Gasteiger partial charge < -0.3 is 10.2 Å². The third kappa shape index (κ3) is 2.69. The first kappa shape index (κ1) is 13.9. The fraction of sp³-hybridized carbons (Fsp3) is 0.588. The van der Waals surface area contributed by atoms with Crippen LogP contribution in [0.1, 0.15) is 39.5 Å². The van der Waals surface area contributed by atoms with Crippen molar-refractivity contribution in [3.63, 3.8) is 0 Å². The van der Waals surface area contributed by atoms with Crippen molar-refractivity contribution in [3.05, 3.63) is 30.3 Å². The van der Waals surface area contributed by atoms with Crippen molar-refractivity contribution >= 4 is 23.0 Å². The van der Waals surface area contributed by atoms with E-state index in [9.17, 15) is 0 Å². The number of benzene rings is 1. The molecule has 2 aliphatic carbocycles. The van der Waals surface area contributed by atoms with E-state index in [0.717, 1.165) is 16.9 Å². The highest BCUT2D eigenvalue weighted by Crippen LogP contribution is 2.44. The summed E-state index contributed by atoms with van der Waals surface area (Å²) in [5.74, 6) is 1.80. The smallest absolute Gasteiger partial charge is 0.173 e. The molecule has 0 spiro atoms. The average molecular weight is 288 g/mol. The van der Waals surface area contributed by atoms with Crippen molar-refractivity contribution in [2.45, 2.75) is 51.6 Å². The van der Waals surface area contributed by atoms with Crippen molar-refractivity contribution < 1.29 is 0 Å². The number of nitrogens with one attached hydrogen (secondary N) is 1. The summed E-state index contributed by atoms with van der Waals surface area (Å²) in [6.45, 7) is 4.39. The molecule has 0 unspecified atom stereocenters. The highest BCUT2D eigenvalue weighted by atomic mass is 32.1. The Kier molecular flexibility index (Phi) is 3.97. The van der Waals surface area contributed by atoms with E-state index in [1.165, 1.54) is 31.4 Å². The topological polar surface area (TPSA) is 15.3 Å². The molecular weight excluding hydrogens is 264 g/mol. The van der Waals surface area contributed by atoms with E-state index in [0.29, 0.717) is 12.1 Å². The second-order valence-corrected chi connectivity index (χ2v) is 6.92. The molecule has 1 aromatic rings. The van der Waals surface area contributed by atoms with Crippen LogP contribution in [0.15, 0.2) is 30.3 Å². The molecule has 3 rings (SSSR count). The number of para-hydroxylation sites is 1. The first-order valence-corrected chi connectivity index (χ1v) is 8.20. The van der Waals surface area contributed by atoms with Crippen LogP contribution in [0.2, 0.25) is 0 Å². The largest absolute Gasteiger partial charge is 0.359 e. The van der Waals surface area contributed by atoms with E-state index < -0.39 is 0 Å². The maximum absolute atomic E-state index is 5.70. The van der Waals surface area contributed by atoms with Crippen LogP contribution in [-0.4, -0.2) is 17.2 Å². The van der Waals surface area contributed by atoms with E-state index in [2.05, 4.69) is 54.4 Å². The van der Waals surface area contributed by atoms with Gasteiger partial charge in [0.1, 0.15) is 0 Å². The zero-order valence-electron chi connectivity index (χ0n) is 12.4. The lowest BCUT2D eigenvalue weighted by atomic mass is 9.95. The third-order valence-electron chi connectivity index (χ3n) is 4.82. The normalized spacial score (nSPS) is 27.9. The summed E-state index contributed by atoms with van der Waals surface area (Å²) in [5.41, 5.74) is 1.18. The van der Waals surface area contributed by atoms with Gasteiger partial charge in [0, 0.05) is 17.8 Å².